The van der Waals surface area contributed by atoms with E-state index in [0.717, 1.165) is 10.9 Å². The number of benzene rings is 2. The Morgan fingerprint density at radius 1 is 1.13 bits per heavy atom. The van der Waals surface area contributed by atoms with Crippen molar-refractivity contribution in [3.8, 4) is 6.07 Å². The molecule has 0 saturated heterocycles. The van der Waals surface area contributed by atoms with Crippen molar-refractivity contribution >= 4 is 10.8 Å². The van der Waals surface area contributed by atoms with E-state index in [1.165, 1.54) is 10.9 Å². The van der Waals surface area contributed by atoms with Gasteiger partial charge in [0.05, 0.1) is 11.6 Å². The molecule has 0 aromatic heterocycles. The topological polar surface area (TPSA) is 23.8 Å². The first-order valence-electron chi connectivity index (χ1n) is 5.15. The summed E-state index contributed by atoms with van der Waals surface area (Å²) in [6.45, 7) is 4.37. The Morgan fingerprint density at radius 3 is 2.60 bits per heavy atom. The van der Waals surface area contributed by atoms with Crippen LogP contribution in [-0.4, -0.2) is 0 Å². The van der Waals surface area contributed by atoms with Gasteiger partial charge in [0.25, 0.3) is 0 Å². The monoisotopic (exact) mass is 195 g/mol. The van der Waals surface area contributed by atoms with Gasteiger partial charge < -0.3 is 0 Å². The molecule has 0 heterocycles. The third kappa shape index (κ3) is 1.71. The van der Waals surface area contributed by atoms with E-state index in [2.05, 4.69) is 38.1 Å². The van der Waals surface area contributed by atoms with E-state index in [1.807, 2.05) is 18.2 Å². The van der Waals surface area contributed by atoms with Gasteiger partial charge in [-0.1, -0.05) is 38.1 Å². The van der Waals surface area contributed by atoms with Gasteiger partial charge in [-0.3, -0.25) is 0 Å². The lowest BCUT2D eigenvalue weighted by atomic mass is 9.95. The zero-order valence-corrected chi connectivity index (χ0v) is 8.99. The van der Waals surface area contributed by atoms with Crippen LogP contribution in [0, 0.1) is 11.3 Å². The fourth-order valence-corrected chi connectivity index (χ4v) is 1.88. The molecule has 0 aliphatic carbocycles. The van der Waals surface area contributed by atoms with E-state index < -0.39 is 0 Å². The summed E-state index contributed by atoms with van der Waals surface area (Å²) < 4.78 is 0. The van der Waals surface area contributed by atoms with E-state index >= 15 is 0 Å². The molecular weight excluding hydrogens is 182 g/mol. The smallest absolute Gasteiger partial charge is 0.0991 e. The van der Waals surface area contributed by atoms with Gasteiger partial charge in [-0.25, -0.2) is 0 Å². The first kappa shape index (κ1) is 9.73. The van der Waals surface area contributed by atoms with Gasteiger partial charge in [-0.15, -0.1) is 0 Å². The molecule has 1 nitrogen and oxygen atoms in total. The van der Waals surface area contributed by atoms with Gasteiger partial charge in [-0.05, 0) is 34.4 Å². The first-order valence-corrected chi connectivity index (χ1v) is 5.15. The van der Waals surface area contributed by atoms with Gasteiger partial charge in [0.1, 0.15) is 0 Å². The Kier molecular flexibility index (Phi) is 2.43. The van der Waals surface area contributed by atoms with E-state index in [9.17, 15) is 0 Å². The summed E-state index contributed by atoms with van der Waals surface area (Å²) in [5.41, 5.74) is 2.07. The molecule has 0 radical (unpaired) electrons. The zero-order chi connectivity index (χ0) is 10.8. The minimum Gasteiger partial charge on any atom is -0.192 e. The van der Waals surface area contributed by atoms with E-state index in [4.69, 9.17) is 5.26 Å². The van der Waals surface area contributed by atoms with Crippen molar-refractivity contribution in [3.05, 3.63) is 47.5 Å². The first-order chi connectivity index (χ1) is 7.22. The maximum atomic E-state index is 8.83. The van der Waals surface area contributed by atoms with Crippen LogP contribution < -0.4 is 0 Å². The lowest BCUT2D eigenvalue weighted by molar-refractivity contribution is 0.876. The number of rotatable bonds is 1. The second-order valence-corrected chi connectivity index (χ2v) is 4.05. The molecule has 0 spiro atoms. The van der Waals surface area contributed by atoms with E-state index in [-0.39, 0.29) is 0 Å². The molecule has 2 aromatic rings. The third-order valence-electron chi connectivity index (χ3n) is 2.67. The molecule has 0 aliphatic heterocycles. The Morgan fingerprint density at radius 2 is 1.93 bits per heavy atom. The molecule has 0 N–H and O–H groups in total. The number of hydrogen-bond acceptors (Lipinski definition) is 1. The molecule has 74 valence electrons. The molecule has 0 saturated carbocycles. The molecule has 1 heteroatoms. The highest BCUT2D eigenvalue weighted by atomic mass is 14.2. The predicted octanol–water partition coefficient (Wildman–Crippen LogP) is 3.83. The van der Waals surface area contributed by atoms with Crippen molar-refractivity contribution in [2.75, 3.05) is 0 Å². The molecule has 2 rings (SSSR count). The van der Waals surface area contributed by atoms with Crippen molar-refractivity contribution < 1.29 is 0 Å². The summed E-state index contributed by atoms with van der Waals surface area (Å²) in [6, 6.07) is 14.3. The summed E-state index contributed by atoms with van der Waals surface area (Å²) in [4.78, 5) is 0. The summed E-state index contributed by atoms with van der Waals surface area (Å²) in [5, 5.41) is 11.2. The molecule has 0 atom stereocenters. The number of fused-ring (bicyclic) bond motifs is 1. The van der Waals surface area contributed by atoms with Crippen LogP contribution >= 0.6 is 0 Å². The van der Waals surface area contributed by atoms with E-state index in [1.54, 1.807) is 0 Å². The highest BCUT2D eigenvalue weighted by Gasteiger charge is 2.04. The summed E-state index contributed by atoms with van der Waals surface area (Å²) in [6.07, 6.45) is 0. The van der Waals surface area contributed by atoms with Crippen molar-refractivity contribution in [1.82, 2.24) is 0 Å². The Labute approximate surface area is 90.0 Å². The molecule has 0 aliphatic rings. The second-order valence-electron chi connectivity index (χ2n) is 4.05. The summed E-state index contributed by atoms with van der Waals surface area (Å²) >= 11 is 0. The molecule has 0 fully saturated rings. The van der Waals surface area contributed by atoms with Crippen LogP contribution in [0.25, 0.3) is 10.8 Å². The van der Waals surface area contributed by atoms with Gasteiger partial charge in [-0.2, -0.15) is 5.26 Å². The lowest BCUT2D eigenvalue weighted by Crippen LogP contribution is -1.89. The van der Waals surface area contributed by atoms with Gasteiger partial charge in [0.15, 0.2) is 0 Å². The molecular formula is C14H13N. The predicted molar refractivity (Wildman–Crippen MR) is 62.8 cm³/mol. The maximum Gasteiger partial charge on any atom is 0.0991 e. The molecule has 2 aromatic carbocycles. The van der Waals surface area contributed by atoms with Crippen LogP contribution in [-0.2, 0) is 0 Å². The average molecular weight is 195 g/mol. The highest BCUT2D eigenvalue weighted by molar-refractivity contribution is 5.87. The fraction of sp³-hybridized carbons (Fsp3) is 0.214. The SMILES string of the molecule is CC(C)c1cccc2cc(C#N)ccc12. The van der Waals surface area contributed by atoms with Crippen LogP contribution in [0.3, 0.4) is 0 Å². The molecule has 0 bridgehead atoms. The third-order valence-corrected chi connectivity index (χ3v) is 2.67. The van der Waals surface area contributed by atoms with Crippen molar-refractivity contribution in [2.24, 2.45) is 0 Å². The van der Waals surface area contributed by atoms with Crippen LogP contribution in [0.5, 0.6) is 0 Å². The van der Waals surface area contributed by atoms with Crippen LogP contribution in [0.1, 0.15) is 30.9 Å². The van der Waals surface area contributed by atoms with Crippen LogP contribution in [0.15, 0.2) is 36.4 Å². The van der Waals surface area contributed by atoms with Crippen molar-refractivity contribution in [3.63, 3.8) is 0 Å². The van der Waals surface area contributed by atoms with Crippen molar-refractivity contribution in [2.45, 2.75) is 19.8 Å². The Hall–Kier alpha value is -1.81. The molecule has 15 heavy (non-hydrogen) atoms. The fourth-order valence-electron chi connectivity index (χ4n) is 1.88. The number of nitriles is 1. The minimum absolute atomic E-state index is 0.515. The van der Waals surface area contributed by atoms with Gasteiger partial charge in [0.2, 0.25) is 0 Å². The Balaban J connectivity index is 2.73. The van der Waals surface area contributed by atoms with Gasteiger partial charge >= 0.3 is 0 Å². The summed E-state index contributed by atoms with van der Waals surface area (Å²) in [7, 11) is 0. The van der Waals surface area contributed by atoms with E-state index in [0.29, 0.717) is 5.92 Å². The highest BCUT2D eigenvalue weighted by Crippen LogP contribution is 2.25. The molecule has 0 amide bonds. The number of nitrogens with zero attached hydrogens (tertiary/aromatic N) is 1. The quantitative estimate of drug-likeness (QED) is 0.678. The maximum absolute atomic E-state index is 8.83. The zero-order valence-electron chi connectivity index (χ0n) is 8.99. The van der Waals surface area contributed by atoms with Gasteiger partial charge in [0, 0.05) is 0 Å². The lowest BCUT2D eigenvalue weighted by Gasteiger charge is -2.09. The average Bonchev–Trinajstić information content (AvgIpc) is 2.27. The Bertz CT molecular complexity index is 533. The largest absolute Gasteiger partial charge is 0.192 e. The standard InChI is InChI=1S/C14H13N/c1-10(2)13-5-3-4-12-8-11(9-15)6-7-14(12)13/h3-8,10H,1-2H3. The summed E-state index contributed by atoms with van der Waals surface area (Å²) in [5.74, 6) is 0.515. The normalized spacial score (nSPS) is 10.5. The van der Waals surface area contributed by atoms with Crippen LogP contribution in [0.4, 0.5) is 0 Å². The van der Waals surface area contributed by atoms with Crippen molar-refractivity contribution in [1.29, 1.82) is 5.26 Å². The minimum atomic E-state index is 0.515. The second kappa shape index (κ2) is 3.74. The molecule has 0 unspecified atom stereocenters. The van der Waals surface area contributed by atoms with Crippen LogP contribution in [0.2, 0.25) is 0 Å². The number of hydrogen-bond donors (Lipinski definition) is 0.